The van der Waals surface area contributed by atoms with Crippen molar-refractivity contribution < 1.29 is 4.79 Å². The van der Waals surface area contributed by atoms with Gasteiger partial charge in [0.25, 0.3) is 0 Å². The van der Waals surface area contributed by atoms with E-state index in [1.807, 2.05) is 6.07 Å². The normalized spacial score (nSPS) is 20.2. The number of amides is 1. The van der Waals surface area contributed by atoms with Crippen LogP contribution in [0.5, 0.6) is 0 Å². The molecule has 1 aliphatic rings. The van der Waals surface area contributed by atoms with Crippen molar-refractivity contribution in [2.75, 3.05) is 13.1 Å². The molecule has 0 bridgehead atoms. The molecule has 2 atom stereocenters. The van der Waals surface area contributed by atoms with Crippen LogP contribution in [0.3, 0.4) is 0 Å². The first kappa shape index (κ1) is 14.8. The Hall–Kier alpha value is -1.58. The smallest absolute Gasteiger partial charge is 0.223 e. The summed E-state index contributed by atoms with van der Waals surface area (Å²) in [6.07, 6.45) is 0.949. The van der Waals surface area contributed by atoms with Crippen molar-refractivity contribution >= 4 is 29.1 Å². The molecule has 3 N–H and O–H groups in total. The van der Waals surface area contributed by atoms with Gasteiger partial charge >= 0.3 is 0 Å². The Kier molecular flexibility index (Phi) is 4.63. The topological polar surface area (TPSA) is 55.1 Å². The number of fused-ring (bicyclic) bond motifs is 1. The number of benzene rings is 2. The van der Waals surface area contributed by atoms with Crippen LogP contribution in [0.25, 0.3) is 10.8 Å². The number of nitrogens with one attached hydrogen (secondary N) is 1. The zero-order valence-corrected chi connectivity index (χ0v) is 12.0. The molecule has 3 rings (SSSR count). The molecule has 1 aliphatic carbocycles. The lowest BCUT2D eigenvalue weighted by Crippen LogP contribution is -2.30. The summed E-state index contributed by atoms with van der Waals surface area (Å²) < 4.78 is 0. The van der Waals surface area contributed by atoms with Crippen molar-refractivity contribution in [3.63, 3.8) is 0 Å². The SMILES string of the molecule is Cl.NCCNC(=O)C1CC1c1cccc2ccccc12. The van der Waals surface area contributed by atoms with Gasteiger partial charge in [-0.15, -0.1) is 12.4 Å². The zero-order chi connectivity index (χ0) is 13.2. The second kappa shape index (κ2) is 6.25. The minimum absolute atomic E-state index is 0. The van der Waals surface area contributed by atoms with Crippen molar-refractivity contribution in [2.45, 2.75) is 12.3 Å². The molecule has 106 valence electrons. The molecule has 1 saturated carbocycles. The quantitative estimate of drug-likeness (QED) is 0.909. The number of hydrogen-bond donors (Lipinski definition) is 2. The van der Waals surface area contributed by atoms with Crippen LogP contribution in [0, 0.1) is 5.92 Å². The van der Waals surface area contributed by atoms with Gasteiger partial charge in [0.15, 0.2) is 0 Å². The first-order valence-corrected chi connectivity index (χ1v) is 6.76. The summed E-state index contributed by atoms with van der Waals surface area (Å²) in [5, 5.41) is 5.39. The monoisotopic (exact) mass is 290 g/mol. The van der Waals surface area contributed by atoms with Gasteiger partial charge in [-0.3, -0.25) is 4.79 Å². The fourth-order valence-corrected chi connectivity index (χ4v) is 2.73. The Bertz CT molecular complexity index is 609. The van der Waals surface area contributed by atoms with E-state index < -0.39 is 0 Å². The summed E-state index contributed by atoms with van der Waals surface area (Å²) in [4.78, 5) is 11.9. The minimum atomic E-state index is 0. The van der Waals surface area contributed by atoms with Crippen LogP contribution in [-0.2, 0) is 4.79 Å². The summed E-state index contributed by atoms with van der Waals surface area (Å²) in [5.41, 5.74) is 6.70. The lowest BCUT2D eigenvalue weighted by molar-refractivity contribution is -0.122. The minimum Gasteiger partial charge on any atom is -0.355 e. The maximum atomic E-state index is 11.9. The van der Waals surface area contributed by atoms with Gasteiger partial charge in [-0.2, -0.15) is 0 Å². The third-order valence-corrected chi connectivity index (χ3v) is 3.79. The first-order chi connectivity index (χ1) is 9.31. The highest BCUT2D eigenvalue weighted by molar-refractivity contribution is 5.89. The molecule has 0 radical (unpaired) electrons. The molecule has 4 heteroatoms. The molecule has 0 saturated heterocycles. The summed E-state index contributed by atoms with van der Waals surface area (Å²) in [6, 6.07) is 14.7. The molecular weight excluding hydrogens is 272 g/mol. The second-order valence-corrected chi connectivity index (χ2v) is 5.10. The van der Waals surface area contributed by atoms with Gasteiger partial charge in [0.1, 0.15) is 0 Å². The van der Waals surface area contributed by atoms with Crippen LogP contribution in [0.4, 0.5) is 0 Å². The van der Waals surface area contributed by atoms with E-state index in [-0.39, 0.29) is 24.2 Å². The predicted octanol–water partition coefficient (Wildman–Crippen LogP) is 2.44. The summed E-state index contributed by atoms with van der Waals surface area (Å²) >= 11 is 0. The van der Waals surface area contributed by atoms with E-state index in [0.29, 0.717) is 19.0 Å². The average molecular weight is 291 g/mol. The largest absolute Gasteiger partial charge is 0.355 e. The van der Waals surface area contributed by atoms with Gasteiger partial charge in [-0.25, -0.2) is 0 Å². The lowest BCUT2D eigenvalue weighted by Gasteiger charge is -2.06. The number of halogens is 1. The molecule has 1 amide bonds. The number of carbonyl (C=O) groups excluding carboxylic acids is 1. The molecule has 0 aromatic heterocycles. The molecule has 2 aromatic rings. The second-order valence-electron chi connectivity index (χ2n) is 5.10. The maximum absolute atomic E-state index is 11.9. The van der Waals surface area contributed by atoms with Crippen molar-refractivity contribution in [2.24, 2.45) is 11.7 Å². The zero-order valence-electron chi connectivity index (χ0n) is 11.2. The van der Waals surface area contributed by atoms with Crippen LogP contribution < -0.4 is 11.1 Å². The molecule has 0 spiro atoms. The van der Waals surface area contributed by atoms with E-state index in [0.717, 1.165) is 6.42 Å². The summed E-state index contributed by atoms with van der Waals surface area (Å²) in [6.45, 7) is 1.06. The Morgan fingerprint density at radius 2 is 1.95 bits per heavy atom. The van der Waals surface area contributed by atoms with Gasteiger partial charge in [0.2, 0.25) is 5.91 Å². The standard InChI is InChI=1S/C16H18N2O.ClH/c17-8-9-18-16(19)15-10-14(15)13-7-3-5-11-4-1-2-6-12(11)13;/h1-7,14-15H,8-10,17H2,(H,18,19);1H. The van der Waals surface area contributed by atoms with Crippen LogP contribution in [0.2, 0.25) is 0 Å². The Morgan fingerprint density at radius 1 is 1.20 bits per heavy atom. The Labute approximate surface area is 125 Å². The van der Waals surface area contributed by atoms with E-state index in [1.54, 1.807) is 0 Å². The van der Waals surface area contributed by atoms with Crippen LogP contribution in [-0.4, -0.2) is 19.0 Å². The van der Waals surface area contributed by atoms with Crippen molar-refractivity contribution in [1.82, 2.24) is 5.32 Å². The molecule has 2 unspecified atom stereocenters. The van der Waals surface area contributed by atoms with Crippen LogP contribution in [0.1, 0.15) is 17.9 Å². The van der Waals surface area contributed by atoms with Gasteiger partial charge < -0.3 is 11.1 Å². The van der Waals surface area contributed by atoms with Crippen LogP contribution in [0.15, 0.2) is 42.5 Å². The van der Waals surface area contributed by atoms with Crippen molar-refractivity contribution in [1.29, 1.82) is 0 Å². The van der Waals surface area contributed by atoms with E-state index in [4.69, 9.17) is 5.73 Å². The highest BCUT2D eigenvalue weighted by atomic mass is 35.5. The molecule has 2 aromatic carbocycles. The highest BCUT2D eigenvalue weighted by Gasteiger charge is 2.44. The van der Waals surface area contributed by atoms with E-state index in [1.165, 1.54) is 16.3 Å². The third kappa shape index (κ3) is 2.79. The first-order valence-electron chi connectivity index (χ1n) is 6.76. The van der Waals surface area contributed by atoms with Gasteiger partial charge in [0.05, 0.1) is 0 Å². The van der Waals surface area contributed by atoms with Crippen molar-refractivity contribution in [3.05, 3.63) is 48.0 Å². The van der Waals surface area contributed by atoms with E-state index >= 15 is 0 Å². The van der Waals surface area contributed by atoms with Crippen LogP contribution >= 0.6 is 12.4 Å². The fraction of sp³-hybridized carbons (Fsp3) is 0.312. The van der Waals surface area contributed by atoms with E-state index in [9.17, 15) is 4.79 Å². The number of hydrogen-bond acceptors (Lipinski definition) is 2. The Balaban J connectivity index is 0.00000147. The molecule has 3 nitrogen and oxygen atoms in total. The Morgan fingerprint density at radius 3 is 2.75 bits per heavy atom. The van der Waals surface area contributed by atoms with Gasteiger partial charge in [0, 0.05) is 19.0 Å². The van der Waals surface area contributed by atoms with Crippen molar-refractivity contribution in [3.8, 4) is 0 Å². The predicted molar refractivity (Wildman–Crippen MR) is 84.1 cm³/mol. The summed E-state index contributed by atoms with van der Waals surface area (Å²) in [7, 11) is 0. The highest BCUT2D eigenvalue weighted by Crippen LogP contribution is 2.49. The molecule has 1 fully saturated rings. The average Bonchev–Trinajstić information content (AvgIpc) is 3.24. The number of nitrogens with two attached hydrogens (primary N) is 1. The molecule has 0 aliphatic heterocycles. The third-order valence-electron chi connectivity index (χ3n) is 3.79. The van der Waals surface area contributed by atoms with Gasteiger partial charge in [-0.1, -0.05) is 42.5 Å². The molecular formula is C16H19ClN2O. The lowest BCUT2D eigenvalue weighted by atomic mass is 10.00. The molecule has 20 heavy (non-hydrogen) atoms. The maximum Gasteiger partial charge on any atom is 0.223 e. The summed E-state index contributed by atoms with van der Waals surface area (Å²) in [5.74, 6) is 0.629. The number of rotatable bonds is 4. The van der Waals surface area contributed by atoms with E-state index in [2.05, 4.69) is 41.7 Å². The fourth-order valence-electron chi connectivity index (χ4n) is 2.73. The molecule has 0 heterocycles. The number of carbonyl (C=O) groups is 1. The van der Waals surface area contributed by atoms with Gasteiger partial charge in [-0.05, 0) is 28.7 Å².